The van der Waals surface area contributed by atoms with Crippen LogP contribution in [0.15, 0.2) is 35.5 Å². The number of nitrogens with two attached hydrogens (primary N) is 1. The quantitative estimate of drug-likeness (QED) is 0.641. The number of hydrogen-bond acceptors (Lipinski definition) is 7. The van der Waals surface area contributed by atoms with Crippen LogP contribution in [-0.4, -0.2) is 31.5 Å². The molecule has 0 fully saturated rings. The van der Waals surface area contributed by atoms with E-state index < -0.39 is 12.1 Å². The van der Waals surface area contributed by atoms with Crippen LogP contribution in [0, 0.1) is 0 Å². The summed E-state index contributed by atoms with van der Waals surface area (Å²) in [6.45, 7) is 0.0565. The SMILES string of the molecule is [B]C1=NOC(c2cc(N)c(Cl)c(C(=O)OCc3ccc(OC)cc3)n2)C1. The molecule has 2 heterocycles. The number of carbonyl (C=O) groups is 1. The summed E-state index contributed by atoms with van der Waals surface area (Å²) in [5, 5.41) is 3.69. The van der Waals surface area contributed by atoms with E-state index >= 15 is 0 Å². The average Bonchev–Trinajstić information content (AvgIpc) is 3.08. The van der Waals surface area contributed by atoms with Crippen molar-refractivity contribution in [1.29, 1.82) is 0 Å². The molecule has 0 saturated carbocycles. The number of esters is 1. The largest absolute Gasteiger partial charge is 0.497 e. The number of anilines is 1. The first kappa shape index (κ1) is 18.1. The molecule has 3 rings (SSSR count). The van der Waals surface area contributed by atoms with Gasteiger partial charge in [0.05, 0.1) is 23.5 Å². The number of methoxy groups -OCH3 is 1. The molecular weight excluding hydrogens is 356 g/mol. The van der Waals surface area contributed by atoms with Crippen molar-refractivity contribution in [1.82, 2.24) is 4.98 Å². The standard InChI is InChI=1S/C17H15BClN3O4/c1-24-10-4-2-9(3-5-10)8-25-17(23)16-15(19)11(20)6-12(21-16)13-7-14(18)22-26-13/h2-6,13H,7-8H2,1H3,(H2,20,21). The molecule has 0 amide bonds. The van der Waals surface area contributed by atoms with Gasteiger partial charge in [-0.25, -0.2) is 9.78 Å². The zero-order valence-electron chi connectivity index (χ0n) is 13.9. The normalized spacial score (nSPS) is 15.9. The lowest BCUT2D eigenvalue weighted by Gasteiger charge is -2.13. The van der Waals surface area contributed by atoms with Gasteiger partial charge < -0.3 is 20.0 Å². The molecule has 7 nitrogen and oxygen atoms in total. The second-order valence-electron chi connectivity index (χ2n) is 5.60. The number of rotatable bonds is 5. The van der Waals surface area contributed by atoms with Crippen LogP contribution in [0.1, 0.15) is 34.3 Å². The van der Waals surface area contributed by atoms with Crippen molar-refractivity contribution in [3.05, 3.63) is 52.3 Å². The fourth-order valence-electron chi connectivity index (χ4n) is 2.36. The molecule has 2 radical (unpaired) electrons. The van der Waals surface area contributed by atoms with E-state index in [0.717, 1.165) is 5.56 Å². The number of aromatic nitrogens is 1. The maximum Gasteiger partial charge on any atom is 0.358 e. The van der Waals surface area contributed by atoms with E-state index in [-0.39, 0.29) is 23.0 Å². The molecule has 26 heavy (non-hydrogen) atoms. The van der Waals surface area contributed by atoms with Gasteiger partial charge in [0.25, 0.3) is 0 Å². The number of benzene rings is 1. The average molecular weight is 372 g/mol. The van der Waals surface area contributed by atoms with Gasteiger partial charge in [-0.15, -0.1) is 5.16 Å². The Balaban J connectivity index is 1.74. The number of oxime groups is 1. The topological polar surface area (TPSA) is 96.0 Å². The number of hydrogen-bond donors (Lipinski definition) is 1. The highest BCUT2D eigenvalue weighted by atomic mass is 35.5. The number of pyridine rings is 1. The molecule has 2 N–H and O–H groups in total. The summed E-state index contributed by atoms with van der Waals surface area (Å²) in [6.07, 6.45) is -0.156. The summed E-state index contributed by atoms with van der Waals surface area (Å²) in [5.41, 5.74) is 7.54. The summed E-state index contributed by atoms with van der Waals surface area (Å²) in [5.74, 6) is 0.0228. The van der Waals surface area contributed by atoms with Gasteiger partial charge in [0.1, 0.15) is 20.2 Å². The molecule has 132 valence electrons. The molecule has 1 unspecified atom stereocenters. The van der Waals surface area contributed by atoms with Gasteiger partial charge >= 0.3 is 5.97 Å². The summed E-state index contributed by atoms with van der Waals surface area (Å²) in [4.78, 5) is 21.8. The molecule has 1 aliphatic rings. The first-order valence-corrected chi connectivity index (χ1v) is 8.10. The van der Waals surface area contributed by atoms with Gasteiger partial charge in [0.15, 0.2) is 11.8 Å². The molecule has 0 aliphatic carbocycles. The minimum atomic E-state index is -0.689. The Bertz CT molecular complexity index is 858. The molecule has 0 spiro atoms. The van der Waals surface area contributed by atoms with Crippen molar-refractivity contribution in [2.24, 2.45) is 5.16 Å². The van der Waals surface area contributed by atoms with E-state index in [0.29, 0.717) is 23.5 Å². The van der Waals surface area contributed by atoms with E-state index in [9.17, 15) is 4.79 Å². The predicted molar refractivity (Wildman–Crippen MR) is 97.4 cm³/mol. The molecular formula is C17H15BClN3O4. The van der Waals surface area contributed by atoms with Crippen LogP contribution in [0.5, 0.6) is 5.75 Å². The van der Waals surface area contributed by atoms with Gasteiger partial charge in [0, 0.05) is 12.0 Å². The number of nitrogen functional groups attached to an aromatic ring is 1. The third-order valence-corrected chi connectivity index (χ3v) is 4.15. The molecule has 0 bridgehead atoms. The highest BCUT2D eigenvalue weighted by Crippen LogP contribution is 2.31. The van der Waals surface area contributed by atoms with Crippen LogP contribution in [0.2, 0.25) is 5.02 Å². The lowest BCUT2D eigenvalue weighted by Crippen LogP contribution is -2.13. The summed E-state index contributed by atoms with van der Waals surface area (Å²) >= 11 is 6.12. The van der Waals surface area contributed by atoms with E-state index in [4.69, 9.17) is 39.5 Å². The first-order chi connectivity index (χ1) is 12.5. The lowest BCUT2D eigenvalue weighted by molar-refractivity contribution is 0.0462. The van der Waals surface area contributed by atoms with Crippen LogP contribution < -0.4 is 10.5 Å². The zero-order valence-corrected chi connectivity index (χ0v) is 14.7. The molecule has 2 aromatic rings. The molecule has 1 aromatic heterocycles. The summed E-state index contributed by atoms with van der Waals surface area (Å²) in [7, 11) is 7.18. The monoisotopic (exact) mass is 371 g/mol. The molecule has 9 heteroatoms. The second-order valence-corrected chi connectivity index (χ2v) is 5.98. The fraction of sp³-hybridized carbons (Fsp3) is 0.235. The van der Waals surface area contributed by atoms with Crippen molar-refractivity contribution >= 4 is 36.7 Å². The van der Waals surface area contributed by atoms with E-state index in [1.165, 1.54) is 6.07 Å². The van der Waals surface area contributed by atoms with E-state index in [2.05, 4.69) is 10.1 Å². The van der Waals surface area contributed by atoms with Crippen molar-refractivity contribution in [2.45, 2.75) is 19.1 Å². The van der Waals surface area contributed by atoms with Gasteiger partial charge in [-0.1, -0.05) is 23.7 Å². The highest BCUT2D eigenvalue weighted by Gasteiger charge is 2.25. The van der Waals surface area contributed by atoms with Crippen LogP contribution in [0.25, 0.3) is 0 Å². The van der Waals surface area contributed by atoms with Gasteiger partial charge in [-0.05, 0) is 23.8 Å². The van der Waals surface area contributed by atoms with Crippen LogP contribution in [0.3, 0.4) is 0 Å². The Hall–Kier alpha value is -2.74. The molecule has 1 aromatic carbocycles. The first-order valence-electron chi connectivity index (χ1n) is 7.72. The zero-order chi connectivity index (χ0) is 18.7. The molecule has 0 saturated heterocycles. The Morgan fingerprint density at radius 3 is 2.77 bits per heavy atom. The Morgan fingerprint density at radius 1 is 1.42 bits per heavy atom. The fourth-order valence-corrected chi connectivity index (χ4v) is 2.54. The third-order valence-electron chi connectivity index (χ3n) is 3.75. The van der Waals surface area contributed by atoms with Crippen LogP contribution in [-0.2, 0) is 16.2 Å². The number of carbonyl (C=O) groups excluding carboxylic acids is 1. The summed E-state index contributed by atoms with van der Waals surface area (Å²) in [6, 6.07) is 8.65. The Morgan fingerprint density at radius 2 is 2.15 bits per heavy atom. The smallest absolute Gasteiger partial charge is 0.358 e. The van der Waals surface area contributed by atoms with E-state index in [1.54, 1.807) is 31.4 Å². The Kier molecular flexibility index (Phi) is 5.32. The number of ether oxygens (including phenoxy) is 2. The van der Waals surface area contributed by atoms with Gasteiger partial charge in [-0.3, -0.25) is 0 Å². The molecule has 1 atom stereocenters. The van der Waals surface area contributed by atoms with E-state index in [1.807, 2.05) is 0 Å². The summed E-state index contributed by atoms with van der Waals surface area (Å²) < 4.78 is 10.4. The number of halogens is 1. The van der Waals surface area contributed by atoms with Crippen LogP contribution >= 0.6 is 11.6 Å². The third kappa shape index (κ3) is 3.91. The van der Waals surface area contributed by atoms with Gasteiger partial charge in [-0.2, -0.15) is 0 Å². The number of nitrogens with zero attached hydrogens (tertiary/aromatic N) is 2. The molecule has 1 aliphatic heterocycles. The maximum atomic E-state index is 12.4. The van der Waals surface area contributed by atoms with Gasteiger partial charge in [0.2, 0.25) is 0 Å². The second kappa shape index (κ2) is 7.66. The highest BCUT2D eigenvalue weighted by molar-refractivity contribution is 6.59. The minimum Gasteiger partial charge on any atom is -0.497 e. The van der Waals surface area contributed by atoms with Crippen molar-refractivity contribution in [2.75, 3.05) is 12.8 Å². The van der Waals surface area contributed by atoms with Crippen LogP contribution in [0.4, 0.5) is 5.69 Å². The van der Waals surface area contributed by atoms with Crippen molar-refractivity contribution in [3.63, 3.8) is 0 Å². The van der Waals surface area contributed by atoms with Crippen molar-refractivity contribution < 1.29 is 19.1 Å². The van der Waals surface area contributed by atoms with Crippen molar-refractivity contribution in [3.8, 4) is 5.75 Å². The maximum absolute atomic E-state index is 12.4. The predicted octanol–water partition coefficient (Wildman–Crippen LogP) is 2.63. The Labute approximate surface area is 156 Å². The lowest BCUT2D eigenvalue weighted by atomic mass is 9.95. The minimum absolute atomic E-state index is 0.0281.